The van der Waals surface area contributed by atoms with E-state index in [9.17, 15) is 0 Å². The Kier molecular flexibility index (Phi) is 8.89. The van der Waals surface area contributed by atoms with Crippen molar-refractivity contribution >= 4 is 44.3 Å². The lowest BCUT2D eigenvalue weighted by Gasteiger charge is -2.24. The van der Waals surface area contributed by atoms with Crippen LogP contribution in [0.3, 0.4) is 0 Å². The highest BCUT2D eigenvalue weighted by atomic mass is 15.0. The van der Waals surface area contributed by atoms with Crippen LogP contribution in [0.5, 0.6) is 0 Å². The Labute approximate surface area is 300 Å². The molecule has 0 bridgehead atoms. The Morgan fingerprint density at radius 2 is 1.31 bits per heavy atom. The van der Waals surface area contributed by atoms with Crippen molar-refractivity contribution in [3.63, 3.8) is 0 Å². The molecule has 7 aromatic rings. The molecule has 0 spiro atoms. The van der Waals surface area contributed by atoms with Crippen LogP contribution in [0.15, 0.2) is 200 Å². The minimum Gasteiger partial charge on any atom is -0.359 e. The summed E-state index contributed by atoms with van der Waals surface area (Å²) in [7, 11) is 0. The maximum atomic E-state index is 3.90. The van der Waals surface area contributed by atoms with E-state index in [2.05, 4.69) is 181 Å². The Morgan fingerprint density at radius 1 is 0.667 bits per heavy atom. The summed E-state index contributed by atoms with van der Waals surface area (Å²) >= 11 is 0. The largest absolute Gasteiger partial charge is 0.359 e. The summed E-state index contributed by atoms with van der Waals surface area (Å²) in [6, 6.07) is 56.7. The summed E-state index contributed by atoms with van der Waals surface area (Å²) in [6.07, 6.45) is 11.7. The van der Waals surface area contributed by atoms with E-state index < -0.39 is 0 Å². The minimum atomic E-state index is 0.280. The molecule has 51 heavy (non-hydrogen) atoms. The lowest BCUT2D eigenvalue weighted by Crippen LogP contribution is -2.08. The molecule has 0 aliphatic heterocycles. The first-order valence-electron chi connectivity index (χ1n) is 17.7. The SMILES string of the molecule is C=C/C=C\C(=C(/C)Nc1ccccc1)c1ccc(-c2ccc3c(c2)c2ccccc2n3C2=CC(c3ccccc3)=CC(c3ccccc3)C2)cc1. The number of allylic oxidation sites excluding steroid dienone is 9. The zero-order valence-corrected chi connectivity index (χ0v) is 28.8. The van der Waals surface area contributed by atoms with Gasteiger partial charge in [0.25, 0.3) is 0 Å². The summed E-state index contributed by atoms with van der Waals surface area (Å²) in [4.78, 5) is 0. The van der Waals surface area contributed by atoms with Gasteiger partial charge in [-0.15, -0.1) is 0 Å². The van der Waals surface area contributed by atoms with Crippen molar-refractivity contribution in [2.75, 3.05) is 5.32 Å². The zero-order valence-electron chi connectivity index (χ0n) is 28.8. The van der Waals surface area contributed by atoms with E-state index in [-0.39, 0.29) is 5.92 Å². The molecule has 0 saturated heterocycles. The molecule has 1 atom stereocenters. The molecular formula is C49H40N2. The molecule has 0 amide bonds. The summed E-state index contributed by atoms with van der Waals surface area (Å²) < 4.78 is 2.49. The molecule has 8 rings (SSSR count). The molecule has 0 saturated carbocycles. The van der Waals surface area contributed by atoms with Crippen LogP contribution in [0.2, 0.25) is 0 Å². The molecular weight excluding hydrogens is 617 g/mol. The fourth-order valence-corrected chi connectivity index (χ4v) is 7.38. The Bertz CT molecular complexity index is 2460. The van der Waals surface area contributed by atoms with Gasteiger partial charge in [0.15, 0.2) is 0 Å². The number of benzene rings is 6. The Balaban J connectivity index is 1.19. The molecule has 0 radical (unpaired) electrons. The number of anilines is 1. The Hall–Kier alpha value is -6.38. The fraction of sp³-hybridized carbons (Fsp3) is 0.0612. The molecule has 1 aliphatic carbocycles. The van der Waals surface area contributed by atoms with E-state index in [1.54, 1.807) is 0 Å². The lowest BCUT2D eigenvalue weighted by atomic mass is 9.85. The van der Waals surface area contributed by atoms with E-state index in [0.717, 1.165) is 28.9 Å². The van der Waals surface area contributed by atoms with Crippen molar-refractivity contribution in [1.82, 2.24) is 4.57 Å². The predicted molar refractivity (Wildman–Crippen MR) is 219 cm³/mol. The third-order valence-corrected chi connectivity index (χ3v) is 9.86. The third kappa shape index (κ3) is 6.52. The Morgan fingerprint density at radius 3 is 2.06 bits per heavy atom. The van der Waals surface area contributed by atoms with E-state index in [1.165, 1.54) is 55.3 Å². The predicted octanol–water partition coefficient (Wildman–Crippen LogP) is 13.2. The second-order valence-corrected chi connectivity index (χ2v) is 13.1. The van der Waals surface area contributed by atoms with E-state index in [1.807, 2.05) is 30.4 Å². The van der Waals surface area contributed by atoms with Gasteiger partial charge in [-0.05, 0) is 83.1 Å². The van der Waals surface area contributed by atoms with Gasteiger partial charge in [-0.3, -0.25) is 0 Å². The second kappa shape index (κ2) is 14.2. The lowest BCUT2D eigenvalue weighted by molar-refractivity contribution is 0.840. The van der Waals surface area contributed by atoms with Crippen molar-refractivity contribution in [1.29, 1.82) is 0 Å². The fourth-order valence-electron chi connectivity index (χ4n) is 7.38. The summed E-state index contributed by atoms with van der Waals surface area (Å²) in [6.45, 7) is 6.02. The quantitative estimate of drug-likeness (QED) is 0.153. The molecule has 2 nitrogen and oxygen atoms in total. The molecule has 1 unspecified atom stereocenters. The number of rotatable bonds is 9. The molecule has 1 aliphatic rings. The van der Waals surface area contributed by atoms with Crippen LogP contribution in [0.25, 0.3) is 49.8 Å². The second-order valence-electron chi connectivity index (χ2n) is 13.1. The molecule has 0 fully saturated rings. The highest BCUT2D eigenvalue weighted by molar-refractivity contribution is 6.11. The van der Waals surface area contributed by atoms with Crippen molar-refractivity contribution in [3.8, 4) is 11.1 Å². The summed E-state index contributed by atoms with van der Waals surface area (Å²) in [5.74, 6) is 0.280. The minimum absolute atomic E-state index is 0.280. The van der Waals surface area contributed by atoms with Gasteiger partial charge >= 0.3 is 0 Å². The zero-order chi connectivity index (χ0) is 34.6. The number of hydrogen-bond donors (Lipinski definition) is 1. The monoisotopic (exact) mass is 656 g/mol. The van der Waals surface area contributed by atoms with Gasteiger partial charge in [-0.25, -0.2) is 0 Å². The normalized spacial score (nSPS) is 15.0. The number of para-hydroxylation sites is 2. The van der Waals surface area contributed by atoms with Gasteiger partial charge in [-0.2, -0.15) is 0 Å². The van der Waals surface area contributed by atoms with E-state index in [0.29, 0.717) is 0 Å². The highest BCUT2D eigenvalue weighted by Crippen LogP contribution is 2.42. The maximum absolute atomic E-state index is 3.90. The van der Waals surface area contributed by atoms with E-state index >= 15 is 0 Å². The number of nitrogens with one attached hydrogen (secondary N) is 1. The average molecular weight is 657 g/mol. The number of hydrogen-bond acceptors (Lipinski definition) is 1. The van der Waals surface area contributed by atoms with Gasteiger partial charge in [0, 0.05) is 39.3 Å². The summed E-state index contributed by atoms with van der Waals surface area (Å²) in [5, 5.41) is 6.10. The van der Waals surface area contributed by atoms with Crippen LogP contribution in [0, 0.1) is 0 Å². The van der Waals surface area contributed by atoms with Crippen LogP contribution < -0.4 is 5.32 Å². The van der Waals surface area contributed by atoms with Gasteiger partial charge in [0.1, 0.15) is 0 Å². The van der Waals surface area contributed by atoms with Crippen molar-refractivity contribution in [2.45, 2.75) is 19.3 Å². The first kappa shape index (κ1) is 31.9. The number of nitrogens with zero attached hydrogens (tertiary/aromatic N) is 1. The maximum Gasteiger partial charge on any atom is 0.0538 e. The van der Waals surface area contributed by atoms with Crippen molar-refractivity contribution in [2.24, 2.45) is 0 Å². The van der Waals surface area contributed by atoms with Gasteiger partial charge in [0.2, 0.25) is 0 Å². The smallest absolute Gasteiger partial charge is 0.0538 e. The average Bonchev–Trinajstić information content (AvgIpc) is 3.53. The number of aromatic nitrogens is 1. The van der Waals surface area contributed by atoms with Crippen LogP contribution in [-0.2, 0) is 0 Å². The molecule has 1 aromatic heterocycles. The molecule has 1 N–H and O–H groups in total. The van der Waals surface area contributed by atoms with Gasteiger partial charge in [-0.1, -0.05) is 158 Å². The first-order chi connectivity index (χ1) is 25.2. The van der Waals surface area contributed by atoms with Crippen LogP contribution in [-0.4, -0.2) is 4.57 Å². The van der Waals surface area contributed by atoms with Crippen molar-refractivity contribution < 1.29 is 0 Å². The first-order valence-corrected chi connectivity index (χ1v) is 17.7. The topological polar surface area (TPSA) is 17.0 Å². The molecule has 6 aromatic carbocycles. The standard InChI is InChI=1S/C49H40N2/c1-3-4-22-45(35(2)50-43-20-12-7-13-21-43)39-27-25-38(26-28-39)40-29-30-49-47(34-40)46-23-14-15-24-48(46)51(49)44-32-41(36-16-8-5-9-17-36)31-42(33-44)37-18-10-6-11-19-37/h3-32,34,42,50H,1,33H2,2H3/b22-4-,45-35-. The highest BCUT2D eigenvalue weighted by Gasteiger charge is 2.22. The van der Waals surface area contributed by atoms with E-state index in [4.69, 9.17) is 0 Å². The molecule has 1 heterocycles. The van der Waals surface area contributed by atoms with Crippen molar-refractivity contribution in [3.05, 3.63) is 217 Å². The van der Waals surface area contributed by atoms with Gasteiger partial charge in [0.05, 0.1) is 11.0 Å². The molecule has 2 heteroatoms. The van der Waals surface area contributed by atoms with Crippen LogP contribution in [0.1, 0.15) is 36.0 Å². The third-order valence-electron chi connectivity index (χ3n) is 9.86. The van der Waals surface area contributed by atoms with Crippen LogP contribution >= 0.6 is 0 Å². The molecule has 246 valence electrons. The van der Waals surface area contributed by atoms with Crippen LogP contribution in [0.4, 0.5) is 5.69 Å². The van der Waals surface area contributed by atoms with Gasteiger partial charge < -0.3 is 9.88 Å². The number of fused-ring (bicyclic) bond motifs is 3. The summed E-state index contributed by atoms with van der Waals surface area (Å²) in [5.41, 5.74) is 14.4.